The lowest BCUT2D eigenvalue weighted by atomic mass is 9.99. The molecule has 3 aromatic rings. The van der Waals surface area contributed by atoms with Gasteiger partial charge in [0.05, 0.1) is 11.3 Å². The second-order valence-electron chi connectivity index (χ2n) is 8.23. The highest BCUT2D eigenvalue weighted by atomic mass is 32.1. The molecule has 3 aromatic carbocycles. The number of carboxylic acids is 1. The molecule has 0 saturated carbocycles. The van der Waals surface area contributed by atoms with Gasteiger partial charge in [-0.25, -0.2) is 4.79 Å². The van der Waals surface area contributed by atoms with E-state index in [1.54, 1.807) is 12.1 Å². The molecule has 2 heterocycles. The number of benzene rings is 3. The lowest BCUT2D eigenvalue weighted by Gasteiger charge is -2.29. The summed E-state index contributed by atoms with van der Waals surface area (Å²) < 4.78 is 0. The number of anilines is 2. The molecule has 5 rings (SSSR count). The number of fused-ring (bicyclic) bond motifs is 1. The molecular weight excluding hydrogens is 450 g/mol. The summed E-state index contributed by atoms with van der Waals surface area (Å²) in [7, 11) is 0. The monoisotopic (exact) mass is 471 g/mol. The Balaban J connectivity index is 1.58. The van der Waals surface area contributed by atoms with Crippen LogP contribution in [-0.2, 0) is 9.59 Å². The first-order valence-electron chi connectivity index (χ1n) is 11.0. The van der Waals surface area contributed by atoms with Gasteiger partial charge in [0, 0.05) is 24.2 Å². The summed E-state index contributed by atoms with van der Waals surface area (Å²) in [6.07, 6.45) is 3.89. The molecule has 0 atom stereocenters. The first kappa shape index (κ1) is 21.8. The molecule has 7 nitrogen and oxygen atoms in total. The fourth-order valence-electron chi connectivity index (χ4n) is 4.49. The zero-order valence-corrected chi connectivity index (χ0v) is 19.0. The predicted octanol–water partition coefficient (Wildman–Crippen LogP) is 3.97. The van der Waals surface area contributed by atoms with E-state index in [1.807, 2.05) is 36.4 Å². The van der Waals surface area contributed by atoms with Gasteiger partial charge >= 0.3 is 5.97 Å². The van der Waals surface area contributed by atoms with Gasteiger partial charge in [-0.2, -0.15) is 0 Å². The molecule has 8 heteroatoms. The lowest BCUT2D eigenvalue weighted by molar-refractivity contribution is -0.122. The maximum atomic E-state index is 13.4. The van der Waals surface area contributed by atoms with E-state index in [0.29, 0.717) is 0 Å². The highest BCUT2D eigenvalue weighted by Gasteiger charge is 2.35. The fourth-order valence-corrected chi connectivity index (χ4v) is 4.77. The van der Waals surface area contributed by atoms with Crippen LogP contribution in [0.1, 0.15) is 28.8 Å². The quantitative estimate of drug-likeness (QED) is 0.340. The van der Waals surface area contributed by atoms with Crippen molar-refractivity contribution in [3.8, 4) is 0 Å². The predicted molar refractivity (Wildman–Crippen MR) is 135 cm³/mol. The van der Waals surface area contributed by atoms with Crippen molar-refractivity contribution in [2.24, 2.45) is 0 Å². The van der Waals surface area contributed by atoms with Crippen LogP contribution in [0.5, 0.6) is 0 Å². The Hall–Kier alpha value is -4.04. The molecule has 2 fully saturated rings. The van der Waals surface area contributed by atoms with Gasteiger partial charge in [0.25, 0.3) is 11.8 Å². The van der Waals surface area contributed by atoms with Crippen molar-refractivity contribution in [3.63, 3.8) is 0 Å². The molecule has 0 bridgehead atoms. The smallest absolute Gasteiger partial charge is 0.335 e. The van der Waals surface area contributed by atoms with Crippen LogP contribution in [0, 0.1) is 0 Å². The van der Waals surface area contributed by atoms with Crippen molar-refractivity contribution in [1.29, 1.82) is 0 Å². The number of nitrogens with one attached hydrogen (secondary N) is 1. The molecule has 34 heavy (non-hydrogen) atoms. The van der Waals surface area contributed by atoms with Crippen molar-refractivity contribution in [2.45, 2.75) is 12.8 Å². The van der Waals surface area contributed by atoms with E-state index < -0.39 is 17.8 Å². The fraction of sp³-hybridized carbons (Fsp3) is 0.154. The van der Waals surface area contributed by atoms with Crippen molar-refractivity contribution in [2.75, 3.05) is 22.9 Å². The van der Waals surface area contributed by atoms with Crippen LogP contribution in [0.15, 0.2) is 66.2 Å². The number of carboxylic acid groups (broad SMARTS) is 1. The van der Waals surface area contributed by atoms with Gasteiger partial charge in [-0.1, -0.05) is 36.4 Å². The maximum absolute atomic E-state index is 13.4. The summed E-state index contributed by atoms with van der Waals surface area (Å²) in [5.74, 6) is -2.32. The Kier molecular flexibility index (Phi) is 5.59. The normalized spacial score (nSPS) is 17.5. The number of nitrogens with zero attached hydrogens (tertiary/aromatic N) is 2. The third-order valence-electron chi connectivity index (χ3n) is 6.13. The molecule has 170 valence electrons. The Morgan fingerprint density at radius 1 is 0.971 bits per heavy atom. The summed E-state index contributed by atoms with van der Waals surface area (Å²) in [5.41, 5.74) is 2.09. The molecular formula is C26H21N3O4S. The van der Waals surface area contributed by atoms with Gasteiger partial charge in [-0.15, -0.1) is 0 Å². The Labute approximate surface area is 201 Å². The number of thiocarbonyl (C=S) groups is 1. The molecule has 0 spiro atoms. The topological polar surface area (TPSA) is 90.0 Å². The molecule has 2 aliphatic rings. The number of hydrogen-bond donors (Lipinski definition) is 2. The van der Waals surface area contributed by atoms with Gasteiger partial charge < -0.3 is 10.0 Å². The minimum Gasteiger partial charge on any atom is -0.478 e. The number of carbonyl (C=O) groups excluding carboxylic acids is 2. The van der Waals surface area contributed by atoms with E-state index in [-0.39, 0.29) is 21.9 Å². The number of amides is 2. The Morgan fingerprint density at radius 2 is 1.71 bits per heavy atom. The minimum atomic E-state index is -1.12. The van der Waals surface area contributed by atoms with Crippen LogP contribution < -0.4 is 15.1 Å². The number of hydrogen-bond acceptors (Lipinski definition) is 5. The zero-order valence-electron chi connectivity index (χ0n) is 18.2. The van der Waals surface area contributed by atoms with Crippen LogP contribution in [0.4, 0.5) is 11.4 Å². The van der Waals surface area contributed by atoms with Crippen molar-refractivity contribution >= 4 is 63.3 Å². The third-order valence-corrected chi connectivity index (χ3v) is 6.42. The molecule has 2 saturated heterocycles. The summed E-state index contributed by atoms with van der Waals surface area (Å²) in [6, 6.07) is 17.8. The van der Waals surface area contributed by atoms with Crippen LogP contribution in [0.3, 0.4) is 0 Å². The Morgan fingerprint density at radius 3 is 2.44 bits per heavy atom. The largest absolute Gasteiger partial charge is 0.478 e. The van der Waals surface area contributed by atoms with Crippen molar-refractivity contribution < 1.29 is 19.5 Å². The van der Waals surface area contributed by atoms with Crippen LogP contribution >= 0.6 is 12.2 Å². The van der Waals surface area contributed by atoms with E-state index in [0.717, 1.165) is 52.9 Å². The summed E-state index contributed by atoms with van der Waals surface area (Å²) in [6.45, 7) is 2.01. The number of aromatic carboxylic acids is 1. The molecule has 2 amide bonds. The standard InChI is InChI=1S/C26H21N3O4S/c30-23-21(24(31)29(26(34)27-23)18-7-5-6-17(14-18)25(32)33)15-16-10-11-22(28-12-3-4-13-28)20-9-2-1-8-19(16)20/h1-2,5-11,14-15H,3-4,12-13H2,(H,32,33)(H,27,30,34). The SMILES string of the molecule is O=C1NC(=S)N(c2cccc(C(=O)O)c2)C(=O)C1=Cc1ccc(N2CCCC2)c2ccccc12. The van der Waals surface area contributed by atoms with Crippen LogP contribution in [-0.4, -0.2) is 41.1 Å². The summed E-state index contributed by atoms with van der Waals surface area (Å²) in [4.78, 5) is 41.1. The zero-order chi connectivity index (χ0) is 23.8. The van der Waals surface area contributed by atoms with E-state index >= 15 is 0 Å². The van der Waals surface area contributed by atoms with Gasteiger partial charge in [0.1, 0.15) is 5.57 Å². The highest BCUT2D eigenvalue weighted by Crippen LogP contribution is 2.33. The highest BCUT2D eigenvalue weighted by molar-refractivity contribution is 7.80. The van der Waals surface area contributed by atoms with Crippen LogP contribution in [0.2, 0.25) is 0 Å². The summed E-state index contributed by atoms with van der Waals surface area (Å²) >= 11 is 5.24. The first-order valence-corrected chi connectivity index (χ1v) is 11.4. The summed E-state index contributed by atoms with van der Waals surface area (Å²) in [5, 5.41) is 13.8. The average Bonchev–Trinajstić information content (AvgIpc) is 3.36. The maximum Gasteiger partial charge on any atom is 0.335 e. The van der Waals surface area contributed by atoms with E-state index in [2.05, 4.69) is 10.2 Å². The number of carbonyl (C=O) groups is 3. The van der Waals surface area contributed by atoms with Gasteiger partial charge in [-0.05, 0) is 66.4 Å². The average molecular weight is 472 g/mol. The first-order chi connectivity index (χ1) is 16.4. The Bertz CT molecular complexity index is 1390. The van der Waals surface area contributed by atoms with Gasteiger partial charge in [0.2, 0.25) is 0 Å². The van der Waals surface area contributed by atoms with E-state index in [4.69, 9.17) is 12.2 Å². The molecule has 0 radical (unpaired) electrons. The van der Waals surface area contributed by atoms with Crippen molar-refractivity contribution in [1.82, 2.24) is 5.32 Å². The molecule has 0 unspecified atom stereocenters. The number of rotatable bonds is 4. The van der Waals surface area contributed by atoms with Crippen LogP contribution in [0.25, 0.3) is 16.8 Å². The van der Waals surface area contributed by atoms with Gasteiger partial charge in [-0.3, -0.25) is 19.8 Å². The third kappa shape index (κ3) is 3.82. The molecule has 2 aliphatic heterocycles. The lowest BCUT2D eigenvalue weighted by Crippen LogP contribution is -2.54. The molecule has 0 aromatic heterocycles. The van der Waals surface area contributed by atoms with Crippen molar-refractivity contribution in [3.05, 3.63) is 77.4 Å². The second kappa shape index (κ2) is 8.72. The molecule has 2 N–H and O–H groups in total. The van der Waals surface area contributed by atoms with E-state index in [9.17, 15) is 19.5 Å². The second-order valence-corrected chi connectivity index (χ2v) is 8.61. The minimum absolute atomic E-state index is 0.0130. The van der Waals surface area contributed by atoms with Gasteiger partial charge in [0.15, 0.2) is 5.11 Å². The molecule has 0 aliphatic carbocycles. The van der Waals surface area contributed by atoms with E-state index in [1.165, 1.54) is 18.2 Å².